The van der Waals surface area contributed by atoms with Crippen LogP contribution in [0.1, 0.15) is 11.7 Å². The Morgan fingerprint density at radius 2 is 1.53 bits per heavy atom. The van der Waals surface area contributed by atoms with Gasteiger partial charge in [0.2, 0.25) is 0 Å². The average molecular weight is 448 g/mol. The van der Waals surface area contributed by atoms with E-state index in [1.807, 2.05) is 0 Å². The zero-order valence-corrected chi connectivity index (χ0v) is 16.3. The number of benzene rings is 2. The molecule has 11 nitrogen and oxygen atoms in total. The Hall–Kier alpha value is -3.35. The molecule has 3 aromatic rings. The Balaban J connectivity index is 1.97. The third-order valence-electron chi connectivity index (χ3n) is 5.43. The van der Waals surface area contributed by atoms with Gasteiger partial charge in [0.05, 0.1) is 12.2 Å². The molecule has 0 spiro atoms. The van der Waals surface area contributed by atoms with E-state index in [1.54, 1.807) is 0 Å². The predicted octanol–water partition coefficient (Wildman–Crippen LogP) is -0.203. The van der Waals surface area contributed by atoms with Gasteiger partial charge in [-0.2, -0.15) is 0 Å². The van der Waals surface area contributed by atoms with Crippen LogP contribution in [0.2, 0.25) is 0 Å². The Morgan fingerprint density at radius 3 is 2.19 bits per heavy atom. The molecule has 1 aromatic heterocycles. The van der Waals surface area contributed by atoms with Crippen LogP contribution >= 0.6 is 0 Å². The third kappa shape index (κ3) is 3.42. The molecule has 1 unspecified atom stereocenters. The second-order valence-corrected chi connectivity index (χ2v) is 7.46. The molecule has 170 valence electrons. The van der Waals surface area contributed by atoms with Crippen molar-refractivity contribution in [2.75, 3.05) is 6.61 Å². The van der Waals surface area contributed by atoms with E-state index in [0.29, 0.717) is 0 Å². The fourth-order valence-electron chi connectivity index (χ4n) is 3.76. The van der Waals surface area contributed by atoms with Crippen LogP contribution in [0, 0.1) is 0 Å². The number of hydrogen-bond acceptors (Lipinski definition) is 11. The fourth-order valence-corrected chi connectivity index (χ4v) is 3.76. The van der Waals surface area contributed by atoms with E-state index in [-0.39, 0.29) is 27.9 Å². The van der Waals surface area contributed by atoms with Crippen molar-refractivity contribution in [3.8, 4) is 34.3 Å². The molecule has 5 atom stereocenters. The van der Waals surface area contributed by atoms with Gasteiger partial charge in [0.1, 0.15) is 53.2 Å². The third-order valence-corrected chi connectivity index (χ3v) is 5.43. The number of aliphatic hydroxyl groups is 4. The number of phenolic OH excluding ortho intramolecular Hbond substituents is 4. The summed E-state index contributed by atoms with van der Waals surface area (Å²) in [5.74, 6) is -2.28. The molecule has 0 aliphatic carbocycles. The van der Waals surface area contributed by atoms with Crippen LogP contribution in [0.15, 0.2) is 39.5 Å². The highest BCUT2D eigenvalue weighted by Crippen LogP contribution is 2.44. The molecule has 1 aliphatic rings. The largest absolute Gasteiger partial charge is 0.507 e. The summed E-state index contributed by atoms with van der Waals surface area (Å²) in [4.78, 5) is 12.8. The van der Waals surface area contributed by atoms with Gasteiger partial charge in [0, 0.05) is 17.7 Å². The Kier molecular flexibility index (Phi) is 5.44. The topological polar surface area (TPSA) is 201 Å². The SMILES string of the molecule is O=c1cc(-c2ccc(O)c(O)c2)oc2c(C3O[C@@H](CO)[C@@H](O)[C@@H](O)[C@@H]3O)c(O)cc(O)c12. The number of rotatable bonds is 3. The summed E-state index contributed by atoms with van der Waals surface area (Å²) in [6.07, 6.45) is -8.07. The van der Waals surface area contributed by atoms with E-state index >= 15 is 0 Å². The van der Waals surface area contributed by atoms with Crippen molar-refractivity contribution in [2.24, 2.45) is 0 Å². The number of fused-ring (bicyclic) bond motifs is 1. The zero-order valence-electron chi connectivity index (χ0n) is 16.3. The standard InChI is InChI=1S/C21H20O11/c22-6-14-17(28)18(29)19(30)21(32-14)16-11(26)4-10(25)15-12(27)5-13(31-20(15)16)7-1-2-8(23)9(24)3-7/h1-5,14,17-19,21-26,28-30H,6H2/t14-,17+,18+,19-,21?/m0/s1. The first kappa shape index (κ1) is 21.9. The Morgan fingerprint density at radius 1 is 0.812 bits per heavy atom. The normalized spacial score (nSPS) is 25.8. The van der Waals surface area contributed by atoms with Crippen molar-refractivity contribution in [2.45, 2.75) is 30.5 Å². The number of phenols is 4. The lowest BCUT2D eigenvalue weighted by Gasteiger charge is -2.40. The lowest BCUT2D eigenvalue weighted by Crippen LogP contribution is -2.55. The zero-order chi connectivity index (χ0) is 23.3. The molecule has 0 bridgehead atoms. The Bertz CT molecular complexity index is 1230. The van der Waals surface area contributed by atoms with E-state index < -0.39 is 65.6 Å². The molecular formula is C21H20O11. The van der Waals surface area contributed by atoms with E-state index in [1.165, 1.54) is 6.07 Å². The molecule has 0 amide bonds. The van der Waals surface area contributed by atoms with Gasteiger partial charge in [0.15, 0.2) is 22.5 Å². The highest BCUT2D eigenvalue weighted by Gasteiger charge is 2.46. The molecular weight excluding hydrogens is 428 g/mol. The van der Waals surface area contributed by atoms with E-state index in [0.717, 1.165) is 24.3 Å². The summed E-state index contributed by atoms with van der Waals surface area (Å²) >= 11 is 0. The highest BCUT2D eigenvalue weighted by molar-refractivity contribution is 5.89. The van der Waals surface area contributed by atoms with Gasteiger partial charge in [-0.15, -0.1) is 0 Å². The van der Waals surface area contributed by atoms with E-state index in [9.17, 15) is 45.6 Å². The fraction of sp³-hybridized carbons (Fsp3) is 0.286. The van der Waals surface area contributed by atoms with Gasteiger partial charge < -0.3 is 50.0 Å². The van der Waals surface area contributed by atoms with Crippen molar-refractivity contribution in [1.29, 1.82) is 0 Å². The maximum absolute atomic E-state index is 12.8. The number of aromatic hydroxyl groups is 4. The summed E-state index contributed by atoms with van der Waals surface area (Å²) in [6.45, 7) is -0.722. The van der Waals surface area contributed by atoms with Crippen LogP contribution in [-0.4, -0.2) is 71.9 Å². The maximum atomic E-state index is 12.8. The van der Waals surface area contributed by atoms with Gasteiger partial charge in [0.25, 0.3) is 0 Å². The molecule has 32 heavy (non-hydrogen) atoms. The smallest absolute Gasteiger partial charge is 0.197 e. The average Bonchev–Trinajstić information content (AvgIpc) is 2.74. The van der Waals surface area contributed by atoms with Gasteiger partial charge in [-0.3, -0.25) is 4.79 Å². The van der Waals surface area contributed by atoms with Crippen molar-refractivity contribution in [3.63, 3.8) is 0 Å². The van der Waals surface area contributed by atoms with Crippen LogP contribution in [-0.2, 0) is 4.74 Å². The molecule has 1 fully saturated rings. The van der Waals surface area contributed by atoms with E-state index in [4.69, 9.17) is 9.15 Å². The number of hydrogen-bond donors (Lipinski definition) is 8. The summed E-state index contributed by atoms with van der Waals surface area (Å²) in [5.41, 5.74) is -1.27. The van der Waals surface area contributed by atoms with Crippen molar-refractivity contribution < 1.29 is 50.0 Å². The first-order valence-electron chi connectivity index (χ1n) is 9.49. The van der Waals surface area contributed by atoms with Crippen LogP contribution < -0.4 is 5.43 Å². The minimum absolute atomic E-state index is 0.117. The second-order valence-electron chi connectivity index (χ2n) is 7.46. The lowest BCUT2D eigenvalue weighted by atomic mass is 9.89. The molecule has 8 N–H and O–H groups in total. The molecule has 1 aliphatic heterocycles. The molecule has 0 radical (unpaired) electrons. The molecule has 0 saturated carbocycles. The molecule has 2 aromatic carbocycles. The summed E-state index contributed by atoms with van der Waals surface area (Å²) < 4.78 is 11.2. The first-order chi connectivity index (χ1) is 15.1. The maximum Gasteiger partial charge on any atom is 0.197 e. The molecule has 11 heteroatoms. The van der Waals surface area contributed by atoms with Crippen molar-refractivity contribution in [3.05, 3.63) is 46.1 Å². The summed E-state index contributed by atoms with van der Waals surface area (Å²) in [5, 5.41) is 79.7. The number of ether oxygens (including phenoxy) is 1. The molecule has 1 saturated heterocycles. The van der Waals surface area contributed by atoms with Gasteiger partial charge in [-0.1, -0.05) is 0 Å². The highest BCUT2D eigenvalue weighted by atomic mass is 16.5. The van der Waals surface area contributed by atoms with Gasteiger partial charge in [-0.25, -0.2) is 0 Å². The quantitative estimate of drug-likeness (QED) is 0.247. The summed E-state index contributed by atoms with van der Waals surface area (Å²) in [7, 11) is 0. The van der Waals surface area contributed by atoms with Crippen LogP contribution in [0.3, 0.4) is 0 Å². The first-order valence-corrected chi connectivity index (χ1v) is 9.49. The minimum Gasteiger partial charge on any atom is -0.507 e. The second kappa shape index (κ2) is 7.97. The van der Waals surface area contributed by atoms with Gasteiger partial charge in [-0.05, 0) is 18.2 Å². The van der Waals surface area contributed by atoms with Crippen LogP contribution in [0.5, 0.6) is 23.0 Å². The van der Waals surface area contributed by atoms with Gasteiger partial charge >= 0.3 is 0 Å². The van der Waals surface area contributed by atoms with Crippen molar-refractivity contribution >= 4 is 11.0 Å². The van der Waals surface area contributed by atoms with E-state index in [2.05, 4.69) is 0 Å². The number of aliphatic hydroxyl groups excluding tert-OH is 4. The molecule has 2 heterocycles. The lowest BCUT2D eigenvalue weighted by molar-refractivity contribution is -0.231. The monoisotopic (exact) mass is 448 g/mol. The predicted molar refractivity (Wildman–Crippen MR) is 107 cm³/mol. The van der Waals surface area contributed by atoms with Crippen molar-refractivity contribution in [1.82, 2.24) is 0 Å². The van der Waals surface area contributed by atoms with Crippen LogP contribution in [0.4, 0.5) is 0 Å². The minimum atomic E-state index is -1.79. The Labute approximate surface area is 179 Å². The van der Waals surface area contributed by atoms with Crippen LogP contribution in [0.25, 0.3) is 22.3 Å². The molecule has 4 rings (SSSR count). The summed E-state index contributed by atoms with van der Waals surface area (Å²) in [6, 6.07) is 5.47.